The van der Waals surface area contributed by atoms with E-state index in [-0.39, 0.29) is 17.4 Å². The van der Waals surface area contributed by atoms with Crippen LogP contribution in [0.25, 0.3) is 10.9 Å². The first-order chi connectivity index (χ1) is 9.86. The first-order valence-corrected chi connectivity index (χ1v) is 8.11. The Morgan fingerprint density at radius 1 is 1.33 bits per heavy atom. The number of aliphatic hydroxyl groups is 1. The number of fused-ring (bicyclic) bond motifs is 1. The van der Waals surface area contributed by atoms with Crippen LogP contribution in [0.15, 0.2) is 35.4 Å². The van der Waals surface area contributed by atoms with Crippen molar-refractivity contribution in [3.05, 3.63) is 30.5 Å². The Bertz CT molecular complexity index is 746. The molecule has 21 heavy (non-hydrogen) atoms. The molecule has 2 aromatic rings. The Kier molecular flexibility index (Phi) is 4.46. The monoisotopic (exact) mass is 309 g/mol. The number of rotatable bonds is 5. The van der Waals surface area contributed by atoms with Gasteiger partial charge in [-0.05, 0) is 37.1 Å². The van der Waals surface area contributed by atoms with Gasteiger partial charge in [0.1, 0.15) is 4.90 Å². The van der Waals surface area contributed by atoms with Crippen molar-refractivity contribution in [1.29, 1.82) is 0 Å². The molecule has 6 nitrogen and oxygen atoms in total. The third-order valence-corrected chi connectivity index (χ3v) is 5.13. The van der Waals surface area contributed by atoms with Crippen LogP contribution in [0, 0.1) is 5.92 Å². The molecular formula is C14H19N3O3S. The van der Waals surface area contributed by atoms with Gasteiger partial charge in [0.15, 0.2) is 0 Å². The molecule has 0 saturated heterocycles. The molecule has 0 bridgehead atoms. The van der Waals surface area contributed by atoms with Crippen molar-refractivity contribution < 1.29 is 13.5 Å². The number of hydrogen-bond donors (Lipinski definition) is 3. The first-order valence-electron chi connectivity index (χ1n) is 6.63. The zero-order valence-electron chi connectivity index (χ0n) is 11.9. The summed E-state index contributed by atoms with van der Waals surface area (Å²) in [4.78, 5) is 4.22. The molecule has 2 rings (SSSR count). The molecule has 2 unspecified atom stereocenters. The van der Waals surface area contributed by atoms with Crippen LogP contribution in [0.2, 0.25) is 0 Å². The van der Waals surface area contributed by atoms with E-state index in [2.05, 4.69) is 9.71 Å². The zero-order valence-corrected chi connectivity index (χ0v) is 12.8. The average molecular weight is 309 g/mol. The van der Waals surface area contributed by atoms with Crippen LogP contribution in [0.4, 0.5) is 5.69 Å². The van der Waals surface area contributed by atoms with Gasteiger partial charge in [-0.1, -0.05) is 6.92 Å². The fourth-order valence-corrected chi connectivity index (χ4v) is 3.48. The maximum atomic E-state index is 12.5. The third kappa shape index (κ3) is 3.15. The highest BCUT2D eigenvalue weighted by molar-refractivity contribution is 7.89. The molecule has 0 saturated carbocycles. The number of pyridine rings is 1. The standard InChI is InChI=1S/C14H19N3O3S/c1-9(8-18)10(2)17-21(19,20)13-6-5-12(15)11-4-3-7-16-14(11)13/h3-7,9-10,17-18H,8,15H2,1-2H3. The Morgan fingerprint density at radius 3 is 2.71 bits per heavy atom. The minimum atomic E-state index is -3.74. The average Bonchev–Trinajstić information content (AvgIpc) is 2.46. The van der Waals surface area contributed by atoms with E-state index in [1.54, 1.807) is 32.0 Å². The van der Waals surface area contributed by atoms with E-state index >= 15 is 0 Å². The van der Waals surface area contributed by atoms with Gasteiger partial charge in [-0.3, -0.25) is 4.98 Å². The second-order valence-electron chi connectivity index (χ2n) is 5.12. The van der Waals surface area contributed by atoms with Gasteiger partial charge in [-0.2, -0.15) is 0 Å². The van der Waals surface area contributed by atoms with E-state index in [0.717, 1.165) is 0 Å². The number of nitrogens with two attached hydrogens (primary N) is 1. The van der Waals surface area contributed by atoms with Gasteiger partial charge >= 0.3 is 0 Å². The molecule has 0 amide bonds. The minimum Gasteiger partial charge on any atom is -0.398 e. The smallest absolute Gasteiger partial charge is 0.242 e. The summed E-state index contributed by atoms with van der Waals surface area (Å²) in [6.07, 6.45) is 1.53. The summed E-state index contributed by atoms with van der Waals surface area (Å²) < 4.78 is 27.6. The van der Waals surface area contributed by atoms with Crippen molar-refractivity contribution >= 4 is 26.6 Å². The van der Waals surface area contributed by atoms with Gasteiger partial charge in [-0.25, -0.2) is 13.1 Å². The van der Waals surface area contributed by atoms with Crippen molar-refractivity contribution in [3.8, 4) is 0 Å². The van der Waals surface area contributed by atoms with Crippen LogP contribution in [0.3, 0.4) is 0 Å². The number of sulfonamides is 1. The highest BCUT2D eigenvalue weighted by Crippen LogP contribution is 2.26. The summed E-state index contributed by atoms with van der Waals surface area (Å²) in [7, 11) is -3.74. The molecule has 1 heterocycles. The highest BCUT2D eigenvalue weighted by atomic mass is 32.2. The van der Waals surface area contributed by atoms with Crippen LogP contribution in [0.1, 0.15) is 13.8 Å². The number of anilines is 1. The van der Waals surface area contributed by atoms with Gasteiger partial charge in [0.2, 0.25) is 10.0 Å². The second kappa shape index (κ2) is 5.97. The highest BCUT2D eigenvalue weighted by Gasteiger charge is 2.23. The Hall–Kier alpha value is -1.70. The van der Waals surface area contributed by atoms with Crippen LogP contribution < -0.4 is 10.5 Å². The molecule has 0 fully saturated rings. The van der Waals surface area contributed by atoms with Gasteiger partial charge in [0, 0.05) is 29.9 Å². The molecule has 0 radical (unpaired) electrons. The Morgan fingerprint density at radius 2 is 2.05 bits per heavy atom. The lowest BCUT2D eigenvalue weighted by atomic mass is 10.1. The normalized spacial score (nSPS) is 15.0. The van der Waals surface area contributed by atoms with Crippen molar-refractivity contribution in [2.45, 2.75) is 24.8 Å². The summed E-state index contributed by atoms with van der Waals surface area (Å²) in [6.45, 7) is 3.39. The molecule has 0 aliphatic carbocycles. The van der Waals surface area contributed by atoms with Crippen LogP contribution in [0.5, 0.6) is 0 Å². The lowest BCUT2D eigenvalue weighted by molar-refractivity contribution is 0.216. The van der Waals surface area contributed by atoms with E-state index in [9.17, 15) is 8.42 Å². The van der Waals surface area contributed by atoms with Crippen LogP contribution >= 0.6 is 0 Å². The Labute approximate surface area is 124 Å². The number of nitrogens with one attached hydrogen (secondary N) is 1. The van der Waals surface area contributed by atoms with Gasteiger partial charge in [0.25, 0.3) is 0 Å². The van der Waals surface area contributed by atoms with E-state index in [1.807, 2.05) is 0 Å². The lowest BCUT2D eigenvalue weighted by Gasteiger charge is -2.19. The molecule has 2 atom stereocenters. The minimum absolute atomic E-state index is 0.0873. The maximum Gasteiger partial charge on any atom is 0.242 e. The van der Waals surface area contributed by atoms with Crippen molar-refractivity contribution in [2.75, 3.05) is 12.3 Å². The molecule has 7 heteroatoms. The number of nitrogens with zero attached hydrogens (tertiary/aromatic N) is 1. The summed E-state index contributed by atoms with van der Waals surface area (Å²) in [5.41, 5.74) is 6.67. The molecule has 1 aromatic heterocycles. The fraction of sp³-hybridized carbons (Fsp3) is 0.357. The van der Waals surface area contributed by atoms with Crippen molar-refractivity contribution in [1.82, 2.24) is 9.71 Å². The lowest BCUT2D eigenvalue weighted by Crippen LogP contribution is -2.38. The summed E-state index contributed by atoms with van der Waals surface area (Å²) in [6, 6.07) is 6.05. The number of nitrogen functional groups attached to an aromatic ring is 1. The SMILES string of the molecule is CC(CO)C(C)NS(=O)(=O)c1ccc(N)c2cccnc12. The van der Waals surface area contributed by atoms with Gasteiger partial charge in [-0.15, -0.1) is 0 Å². The number of benzene rings is 1. The molecular weight excluding hydrogens is 290 g/mol. The molecule has 0 spiro atoms. The summed E-state index contributed by atoms with van der Waals surface area (Å²) >= 11 is 0. The quantitative estimate of drug-likeness (QED) is 0.718. The van der Waals surface area contributed by atoms with Crippen molar-refractivity contribution in [2.24, 2.45) is 5.92 Å². The fourth-order valence-electron chi connectivity index (χ4n) is 1.97. The van der Waals surface area contributed by atoms with Gasteiger partial charge in [0.05, 0.1) is 5.52 Å². The predicted molar refractivity (Wildman–Crippen MR) is 82.2 cm³/mol. The predicted octanol–water partition coefficient (Wildman–Crippen LogP) is 1.11. The van der Waals surface area contributed by atoms with E-state index in [1.165, 1.54) is 12.3 Å². The maximum absolute atomic E-state index is 12.5. The summed E-state index contributed by atoms with van der Waals surface area (Å²) in [5.74, 6) is -0.187. The topological polar surface area (TPSA) is 105 Å². The van der Waals surface area contributed by atoms with Gasteiger partial charge < -0.3 is 10.8 Å². The first kappa shape index (κ1) is 15.7. The molecule has 114 valence electrons. The molecule has 0 aliphatic rings. The third-order valence-electron chi connectivity index (χ3n) is 3.54. The molecule has 1 aromatic carbocycles. The largest absolute Gasteiger partial charge is 0.398 e. The van der Waals surface area contributed by atoms with E-state index in [4.69, 9.17) is 10.8 Å². The number of aromatic nitrogens is 1. The summed E-state index contributed by atoms with van der Waals surface area (Å²) in [5, 5.41) is 9.72. The van der Waals surface area contributed by atoms with E-state index < -0.39 is 16.1 Å². The Balaban J connectivity index is 2.48. The number of hydrogen-bond acceptors (Lipinski definition) is 5. The van der Waals surface area contributed by atoms with Crippen LogP contribution in [-0.2, 0) is 10.0 Å². The van der Waals surface area contributed by atoms with Crippen LogP contribution in [-0.4, -0.2) is 31.2 Å². The number of aliphatic hydroxyl groups excluding tert-OH is 1. The molecule has 4 N–H and O–H groups in total. The zero-order chi connectivity index (χ0) is 15.6. The molecule has 0 aliphatic heterocycles. The second-order valence-corrected chi connectivity index (χ2v) is 6.80. The van der Waals surface area contributed by atoms with E-state index in [0.29, 0.717) is 16.6 Å². The van der Waals surface area contributed by atoms with Crippen molar-refractivity contribution in [3.63, 3.8) is 0 Å².